The highest BCUT2D eigenvalue weighted by Crippen LogP contribution is 2.20. The van der Waals surface area contributed by atoms with Gasteiger partial charge in [0, 0.05) is 17.3 Å². The highest BCUT2D eigenvalue weighted by molar-refractivity contribution is 7.92. The first-order valence-corrected chi connectivity index (χ1v) is 9.93. The van der Waals surface area contributed by atoms with Gasteiger partial charge >= 0.3 is 0 Å². The minimum atomic E-state index is -3.74. The molecule has 1 aliphatic carbocycles. The van der Waals surface area contributed by atoms with Crippen LogP contribution in [0.15, 0.2) is 53.4 Å². The van der Waals surface area contributed by atoms with Crippen molar-refractivity contribution in [2.75, 3.05) is 4.72 Å². The summed E-state index contributed by atoms with van der Waals surface area (Å²) < 4.78 is 27.7. The Morgan fingerprint density at radius 1 is 1.04 bits per heavy atom. The molecule has 2 aromatic rings. The van der Waals surface area contributed by atoms with Crippen molar-refractivity contribution in [3.05, 3.63) is 59.7 Å². The van der Waals surface area contributed by atoms with Crippen LogP contribution in [-0.4, -0.2) is 20.4 Å². The molecule has 0 bridgehead atoms. The van der Waals surface area contributed by atoms with E-state index in [9.17, 15) is 13.2 Å². The van der Waals surface area contributed by atoms with E-state index in [1.807, 2.05) is 13.0 Å². The first-order valence-electron chi connectivity index (χ1n) is 8.44. The number of sulfonamides is 1. The normalized spacial score (nSPS) is 15.1. The predicted molar refractivity (Wildman–Crippen MR) is 98.2 cm³/mol. The van der Waals surface area contributed by atoms with Gasteiger partial charge in [-0.05, 0) is 55.7 Å². The fraction of sp³-hybridized carbons (Fsp3) is 0.316. The molecule has 0 radical (unpaired) electrons. The summed E-state index contributed by atoms with van der Waals surface area (Å²) in [6.45, 7) is 1.89. The molecule has 1 fully saturated rings. The molecule has 1 amide bonds. The Morgan fingerprint density at radius 2 is 1.76 bits per heavy atom. The van der Waals surface area contributed by atoms with Crippen LogP contribution in [0, 0.1) is 6.92 Å². The molecule has 0 atom stereocenters. The molecule has 5 nitrogen and oxygen atoms in total. The Labute approximate surface area is 148 Å². The quantitative estimate of drug-likeness (QED) is 0.859. The standard InChI is InChI=1S/C19H22N2O3S/c1-14-6-4-10-17(12-14)21-25(23,24)18-11-5-7-15(13-18)19(22)20-16-8-2-3-9-16/h4-7,10-13,16,21H,2-3,8-9H2,1H3,(H,20,22). The van der Waals surface area contributed by atoms with Crippen LogP contribution in [0.3, 0.4) is 0 Å². The molecule has 6 heteroatoms. The zero-order chi connectivity index (χ0) is 17.9. The lowest BCUT2D eigenvalue weighted by atomic mass is 10.2. The third kappa shape index (κ3) is 4.39. The summed E-state index contributed by atoms with van der Waals surface area (Å²) >= 11 is 0. The molecule has 0 heterocycles. The minimum absolute atomic E-state index is 0.0769. The van der Waals surface area contributed by atoms with Crippen molar-refractivity contribution in [3.63, 3.8) is 0 Å². The number of hydrogen-bond acceptors (Lipinski definition) is 3. The van der Waals surface area contributed by atoms with Crippen molar-refractivity contribution in [3.8, 4) is 0 Å². The second-order valence-corrected chi connectivity index (χ2v) is 8.14. The summed E-state index contributed by atoms with van der Waals surface area (Å²) in [5, 5.41) is 2.98. The van der Waals surface area contributed by atoms with Crippen LogP contribution in [0.4, 0.5) is 5.69 Å². The van der Waals surface area contributed by atoms with Gasteiger partial charge in [0.05, 0.1) is 4.90 Å². The first kappa shape index (κ1) is 17.5. The van der Waals surface area contributed by atoms with Crippen LogP contribution < -0.4 is 10.0 Å². The van der Waals surface area contributed by atoms with Gasteiger partial charge in [-0.15, -0.1) is 0 Å². The van der Waals surface area contributed by atoms with E-state index in [1.165, 1.54) is 12.1 Å². The zero-order valence-electron chi connectivity index (χ0n) is 14.2. The third-order valence-corrected chi connectivity index (χ3v) is 5.75. The van der Waals surface area contributed by atoms with E-state index < -0.39 is 10.0 Å². The highest BCUT2D eigenvalue weighted by atomic mass is 32.2. The Bertz CT molecular complexity index is 872. The molecular formula is C19H22N2O3S. The molecular weight excluding hydrogens is 336 g/mol. The van der Waals surface area contributed by atoms with E-state index in [2.05, 4.69) is 10.0 Å². The van der Waals surface area contributed by atoms with Crippen LogP contribution in [0.5, 0.6) is 0 Å². The number of amides is 1. The minimum Gasteiger partial charge on any atom is -0.349 e. The predicted octanol–water partition coefficient (Wildman–Crippen LogP) is 3.47. The Balaban J connectivity index is 1.78. The summed E-state index contributed by atoms with van der Waals surface area (Å²) in [5.41, 5.74) is 1.82. The number of carbonyl (C=O) groups excluding carboxylic acids is 1. The van der Waals surface area contributed by atoms with E-state index in [0.29, 0.717) is 11.3 Å². The number of rotatable bonds is 5. The van der Waals surface area contributed by atoms with E-state index in [1.54, 1.807) is 30.3 Å². The first-order chi connectivity index (χ1) is 11.9. The molecule has 0 saturated heterocycles. The van der Waals surface area contributed by atoms with Crippen molar-refractivity contribution in [1.82, 2.24) is 5.32 Å². The maximum absolute atomic E-state index is 12.6. The number of aryl methyl sites for hydroxylation is 1. The van der Waals surface area contributed by atoms with Gasteiger partial charge in [0.15, 0.2) is 0 Å². The van der Waals surface area contributed by atoms with Crippen LogP contribution in [0.25, 0.3) is 0 Å². The van der Waals surface area contributed by atoms with Gasteiger partial charge in [-0.3, -0.25) is 9.52 Å². The summed E-state index contributed by atoms with van der Waals surface area (Å²) in [6, 6.07) is 13.5. The van der Waals surface area contributed by atoms with Crippen molar-refractivity contribution in [2.24, 2.45) is 0 Å². The topological polar surface area (TPSA) is 75.3 Å². The molecule has 25 heavy (non-hydrogen) atoms. The van der Waals surface area contributed by atoms with Crippen LogP contribution in [0.2, 0.25) is 0 Å². The van der Waals surface area contributed by atoms with Gasteiger partial charge in [0.2, 0.25) is 0 Å². The second kappa shape index (κ2) is 7.27. The summed E-state index contributed by atoms with van der Waals surface area (Å²) in [7, 11) is -3.74. The summed E-state index contributed by atoms with van der Waals surface area (Å²) in [4.78, 5) is 12.4. The van der Waals surface area contributed by atoms with Crippen LogP contribution in [-0.2, 0) is 10.0 Å². The Kier molecular flexibility index (Phi) is 5.08. The molecule has 0 aromatic heterocycles. The molecule has 1 saturated carbocycles. The van der Waals surface area contributed by atoms with E-state index in [0.717, 1.165) is 31.2 Å². The average molecular weight is 358 g/mol. The number of carbonyl (C=O) groups is 1. The lowest BCUT2D eigenvalue weighted by Crippen LogP contribution is -2.32. The van der Waals surface area contributed by atoms with Gasteiger partial charge in [-0.2, -0.15) is 0 Å². The SMILES string of the molecule is Cc1cccc(NS(=O)(=O)c2cccc(C(=O)NC3CCCC3)c2)c1. The van der Waals surface area contributed by atoms with Gasteiger partial charge < -0.3 is 5.32 Å². The second-order valence-electron chi connectivity index (χ2n) is 6.46. The van der Waals surface area contributed by atoms with Crippen molar-refractivity contribution in [2.45, 2.75) is 43.5 Å². The lowest BCUT2D eigenvalue weighted by molar-refractivity contribution is 0.0937. The lowest BCUT2D eigenvalue weighted by Gasteiger charge is -2.13. The molecule has 3 rings (SSSR count). The van der Waals surface area contributed by atoms with Gasteiger partial charge in [0.1, 0.15) is 0 Å². The third-order valence-electron chi connectivity index (χ3n) is 4.37. The Morgan fingerprint density at radius 3 is 2.48 bits per heavy atom. The van der Waals surface area contributed by atoms with Gasteiger partial charge in [0.25, 0.3) is 15.9 Å². The number of nitrogens with one attached hydrogen (secondary N) is 2. The fourth-order valence-corrected chi connectivity index (χ4v) is 4.16. The summed E-state index contributed by atoms with van der Waals surface area (Å²) in [6.07, 6.45) is 4.22. The van der Waals surface area contributed by atoms with E-state index in [-0.39, 0.29) is 16.8 Å². The molecule has 2 aromatic carbocycles. The van der Waals surface area contributed by atoms with E-state index in [4.69, 9.17) is 0 Å². The molecule has 0 aliphatic heterocycles. The smallest absolute Gasteiger partial charge is 0.261 e. The molecule has 1 aliphatic rings. The van der Waals surface area contributed by atoms with Crippen molar-refractivity contribution >= 4 is 21.6 Å². The van der Waals surface area contributed by atoms with Crippen LogP contribution in [0.1, 0.15) is 41.6 Å². The number of hydrogen-bond donors (Lipinski definition) is 2. The fourth-order valence-electron chi connectivity index (χ4n) is 3.07. The molecule has 2 N–H and O–H groups in total. The maximum Gasteiger partial charge on any atom is 0.261 e. The zero-order valence-corrected chi connectivity index (χ0v) is 15.0. The highest BCUT2D eigenvalue weighted by Gasteiger charge is 2.20. The largest absolute Gasteiger partial charge is 0.349 e. The van der Waals surface area contributed by atoms with Gasteiger partial charge in [-0.25, -0.2) is 8.42 Å². The van der Waals surface area contributed by atoms with Gasteiger partial charge in [-0.1, -0.05) is 31.0 Å². The molecule has 0 spiro atoms. The monoisotopic (exact) mass is 358 g/mol. The molecule has 0 unspecified atom stereocenters. The maximum atomic E-state index is 12.6. The van der Waals surface area contributed by atoms with Crippen LogP contribution >= 0.6 is 0 Å². The average Bonchev–Trinajstić information content (AvgIpc) is 3.07. The van der Waals surface area contributed by atoms with Crippen molar-refractivity contribution in [1.29, 1.82) is 0 Å². The summed E-state index contributed by atoms with van der Waals surface area (Å²) in [5.74, 6) is -0.223. The number of benzene rings is 2. The van der Waals surface area contributed by atoms with Crippen molar-refractivity contribution < 1.29 is 13.2 Å². The number of anilines is 1. The molecule has 132 valence electrons. The Hall–Kier alpha value is -2.34. The van der Waals surface area contributed by atoms with E-state index >= 15 is 0 Å².